The highest BCUT2D eigenvalue weighted by Crippen LogP contribution is 2.32. The van der Waals surface area contributed by atoms with Crippen LogP contribution in [0.25, 0.3) is 5.69 Å². The number of hydrogen-bond acceptors (Lipinski definition) is 3. The van der Waals surface area contributed by atoms with E-state index in [1.807, 2.05) is 0 Å². The first-order valence-corrected chi connectivity index (χ1v) is 8.53. The number of halogens is 5. The number of ether oxygens (including phenoxy) is 1. The molecule has 0 spiro atoms. The van der Waals surface area contributed by atoms with E-state index in [4.69, 9.17) is 27.9 Å². The van der Waals surface area contributed by atoms with Crippen LogP contribution in [-0.2, 0) is 6.18 Å². The summed E-state index contributed by atoms with van der Waals surface area (Å²) in [6.45, 7) is 0. The second-order valence-corrected chi connectivity index (χ2v) is 6.38. The molecule has 0 aliphatic heterocycles. The Labute approximate surface area is 167 Å². The van der Waals surface area contributed by atoms with E-state index in [9.17, 15) is 18.0 Å². The topological polar surface area (TPSA) is 56.2 Å². The SMILES string of the molecule is COc1cn(-c2cccc(C(F)(F)F)c2)nc1C(=O)Nc1cccc(Cl)c1Cl. The number of methoxy groups -OCH3 is 1. The summed E-state index contributed by atoms with van der Waals surface area (Å²) in [6.07, 6.45) is -3.19. The molecular weight excluding hydrogens is 418 g/mol. The van der Waals surface area contributed by atoms with Crippen molar-refractivity contribution in [3.8, 4) is 11.4 Å². The van der Waals surface area contributed by atoms with E-state index in [0.29, 0.717) is 0 Å². The summed E-state index contributed by atoms with van der Waals surface area (Å²) in [5.41, 5.74) is -0.588. The second kappa shape index (κ2) is 7.73. The fourth-order valence-corrected chi connectivity index (χ4v) is 2.75. The molecule has 1 heterocycles. The molecule has 0 aliphatic rings. The van der Waals surface area contributed by atoms with Gasteiger partial charge < -0.3 is 10.1 Å². The molecule has 3 aromatic rings. The Hall–Kier alpha value is -2.71. The Morgan fingerprint density at radius 1 is 1.18 bits per heavy atom. The zero-order chi connectivity index (χ0) is 20.5. The van der Waals surface area contributed by atoms with Crippen molar-refractivity contribution in [3.63, 3.8) is 0 Å². The predicted molar refractivity (Wildman–Crippen MR) is 99.5 cm³/mol. The van der Waals surface area contributed by atoms with Crippen molar-refractivity contribution in [3.05, 3.63) is 70.0 Å². The van der Waals surface area contributed by atoms with Gasteiger partial charge in [-0.25, -0.2) is 4.68 Å². The summed E-state index contributed by atoms with van der Waals surface area (Å²) in [6, 6.07) is 9.24. The van der Waals surface area contributed by atoms with Crippen LogP contribution in [0.2, 0.25) is 10.0 Å². The Kier molecular flexibility index (Phi) is 5.53. The van der Waals surface area contributed by atoms with Gasteiger partial charge in [-0.3, -0.25) is 4.79 Å². The maximum Gasteiger partial charge on any atom is 0.416 e. The number of carbonyl (C=O) groups excluding carboxylic acids is 1. The Morgan fingerprint density at radius 3 is 2.57 bits per heavy atom. The normalized spacial score (nSPS) is 11.4. The molecule has 146 valence electrons. The highest BCUT2D eigenvalue weighted by Gasteiger charge is 2.30. The number of nitrogens with zero attached hydrogens (tertiary/aromatic N) is 2. The summed E-state index contributed by atoms with van der Waals surface area (Å²) in [5.74, 6) is -0.584. The molecule has 3 rings (SSSR count). The smallest absolute Gasteiger partial charge is 0.416 e. The number of carbonyl (C=O) groups is 1. The third kappa shape index (κ3) is 4.07. The maximum absolute atomic E-state index is 12.9. The third-order valence-corrected chi connectivity index (χ3v) is 4.57. The minimum atomic E-state index is -4.50. The van der Waals surface area contributed by atoms with Crippen LogP contribution in [0.4, 0.5) is 18.9 Å². The molecule has 10 heteroatoms. The van der Waals surface area contributed by atoms with Gasteiger partial charge in [0.05, 0.1) is 40.3 Å². The van der Waals surface area contributed by atoms with Crippen molar-refractivity contribution >= 4 is 34.8 Å². The first kappa shape index (κ1) is 20.0. The fraction of sp³-hybridized carbons (Fsp3) is 0.111. The van der Waals surface area contributed by atoms with Crippen molar-refractivity contribution in [2.45, 2.75) is 6.18 Å². The Balaban J connectivity index is 1.95. The molecule has 1 amide bonds. The number of anilines is 1. The summed E-state index contributed by atoms with van der Waals surface area (Å²) in [7, 11) is 1.32. The molecule has 5 nitrogen and oxygen atoms in total. The van der Waals surface area contributed by atoms with Gasteiger partial charge in [0.2, 0.25) is 0 Å². The van der Waals surface area contributed by atoms with Crippen LogP contribution >= 0.6 is 23.2 Å². The number of aromatic nitrogens is 2. The highest BCUT2D eigenvalue weighted by molar-refractivity contribution is 6.44. The van der Waals surface area contributed by atoms with Crippen molar-refractivity contribution in [1.82, 2.24) is 9.78 Å². The zero-order valence-electron chi connectivity index (χ0n) is 14.2. The van der Waals surface area contributed by atoms with E-state index in [-0.39, 0.29) is 32.9 Å². The van der Waals surface area contributed by atoms with Gasteiger partial charge >= 0.3 is 6.18 Å². The van der Waals surface area contributed by atoms with E-state index in [1.54, 1.807) is 18.2 Å². The van der Waals surface area contributed by atoms with Gasteiger partial charge in [-0.05, 0) is 30.3 Å². The van der Waals surface area contributed by atoms with Crippen molar-refractivity contribution < 1.29 is 22.7 Å². The third-order valence-electron chi connectivity index (χ3n) is 3.75. The molecule has 1 aromatic heterocycles. The molecule has 0 unspecified atom stereocenters. The number of nitrogens with one attached hydrogen (secondary N) is 1. The van der Waals surface area contributed by atoms with Crippen molar-refractivity contribution in [1.29, 1.82) is 0 Å². The van der Waals surface area contributed by atoms with E-state index in [2.05, 4.69) is 10.4 Å². The number of rotatable bonds is 4. The molecule has 0 saturated heterocycles. The van der Waals surface area contributed by atoms with Crippen LogP contribution in [0.1, 0.15) is 16.1 Å². The summed E-state index contributed by atoms with van der Waals surface area (Å²) < 4.78 is 45.1. The first-order valence-electron chi connectivity index (χ1n) is 7.77. The average molecular weight is 430 g/mol. The molecule has 0 atom stereocenters. The summed E-state index contributed by atoms with van der Waals surface area (Å²) in [4.78, 5) is 12.6. The van der Waals surface area contributed by atoms with Crippen molar-refractivity contribution in [2.75, 3.05) is 12.4 Å². The van der Waals surface area contributed by atoms with Crippen LogP contribution in [-0.4, -0.2) is 22.8 Å². The second-order valence-electron chi connectivity index (χ2n) is 5.59. The Bertz CT molecular complexity index is 1040. The lowest BCUT2D eigenvalue weighted by Gasteiger charge is -2.08. The Morgan fingerprint density at radius 2 is 1.89 bits per heavy atom. The summed E-state index contributed by atoms with van der Waals surface area (Å²) >= 11 is 12.0. The lowest BCUT2D eigenvalue weighted by atomic mass is 10.2. The molecule has 0 saturated carbocycles. The fourth-order valence-electron chi connectivity index (χ4n) is 2.40. The largest absolute Gasteiger partial charge is 0.493 e. The van der Waals surface area contributed by atoms with E-state index < -0.39 is 17.6 Å². The lowest BCUT2D eigenvalue weighted by molar-refractivity contribution is -0.137. The molecule has 1 N–H and O–H groups in total. The van der Waals surface area contributed by atoms with Crippen LogP contribution < -0.4 is 10.1 Å². The van der Waals surface area contributed by atoms with Gasteiger partial charge in [-0.1, -0.05) is 35.3 Å². The number of amides is 1. The quantitative estimate of drug-likeness (QED) is 0.598. The van der Waals surface area contributed by atoms with Crippen LogP contribution in [0.15, 0.2) is 48.7 Å². The molecule has 0 fully saturated rings. The van der Waals surface area contributed by atoms with E-state index in [0.717, 1.165) is 16.8 Å². The van der Waals surface area contributed by atoms with Crippen LogP contribution in [0, 0.1) is 0 Å². The van der Waals surface area contributed by atoms with Crippen LogP contribution in [0.3, 0.4) is 0 Å². The van der Waals surface area contributed by atoms with Gasteiger partial charge in [-0.2, -0.15) is 18.3 Å². The average Bonchev–Trinajstić information content (AvgIpc) is 3.09. The molecule has 0 bridgehead atoms. The molecule has 2 aromatic carbocycles. The van der Waals surface area contributed by atoms with Gasteiger partial charge in [0, 0.05) is 0 Å². The number of hydrogen-bond donors (Lipinski definition) is 1. The van der Waals surface area contributed by atoms with Gasteiger partial charge in [0.1, 0.15) is 0 Å². The molecule has 0 radical (unpaired) electrons. The van der Waals surface area contributed by atoms with Crippen LogP contribution in [0.5, 0.6) is 5.75 Å². The monoisotopic (exact) mass is 429 g/mol. The van der Waals surface area contributed by atoms with Gasteiger partial charge in [0.25, 0.3) is 5.91 Å². The summed E-state index contributed by atoms with van der Waals surface area (Å²) in [5, 5.41) is 7.01. The number of alkyl halides is 3. The zero-order valence-corrected chi connectivity index (χ0v) is 15.7. The highest BCUT2D eigenvalue weighted by atomic mass is 35.5. The molecular formula is C18H12Cl2F3N3O2. The van der Waals surface area contributed by atoms with Gasteiger partial charge in [0.15, 0.2) is 11.4 Å². The van der Waals surface area contributed by atoms with E-state index in [1.165, 1.54) is 25.4 Å². The standard InChI is InChI=1S/C18H12Cl2F3N3O2/c1-28-14-9-26(11-5-2-4-10(8-11)18(21,22)23)25-16(14)17(27)24-13-7-3-6-12(19)15(13)20/h2-9H,1H3,(H,24,27). The first-order chi connectivity index (χ1) is 13.2. The predicted octanol–water partition coefficient (Wildman–Crippen LogP) is 5.46. The molecule has 28 heavy (non-hydrogen) atoms. The van der Waals surface area contributed by atoms with Gasteiger partial charge in [-0.15, -0.1) is 0 Å². The minimum absolute atomic E-state index is 0.0769. The minimum Gasteiger partial charge on any atom is -0.493 e. The van der Waals surface area contributed by atoms with E-state index >= 15 is 0 Å². The maximum atomic E-state index is 12.9. The molecule has 0 aliphatic carbocycles. The number of benzene rings is 2. The lowest BCUT2D eigenvalue weighted by Crippen LogP contribution is -2.14. The van der Waals surface area contributed by atoms with Crippen molar-refractivity contribution in [2.24, 2.45) is 0 Å².